The topological polar surface area (TPSA) is 104 Å². The van der Waals surface area contributed by atoms with Crippen molar-refractivity contribution >= 4 is 23.3 Å². The number of furan rings is 1. The number of nitrogens with one attached hydrogen (secondary N) is 3. The third kappa shape index (κ3) is 5.85. The summed E-state index contributed by atoms with van der Waals surface area (Å²) in [6.45, 7) is 0.269. The molecule has 0 bridgehead atoms. The Morgan fingerprint density at radius 3 is 2.54 bits per heavy atom. The number of carbonyl (C=O) groups is 2. The van der Waals surface area contributed by atoms with Crippen molar-refractivity contribution in [2.24, 2.45) is 11.8 Å². The first-order valence-corrected chi connectivity index (χ1v) is 9.73. The summed E-state index contributed by atoms with van der Waals surface area (Å²) in [5.41, 5.74) is 1.26. The van der Waals surface area contributed by atoms with Gasteiger partial charge in [0.05, 0.1) is 6.26 Å². The van der Waals surface area contributed by atoms with Crippen molar-refractivity contribution in [3.05, 3.63) is 48.4 Å². The number of aliphatic hydroxyl groups excluding tert-OH is 1. The molecule has 1 aliphatic rings. The highest BCUT2D eigenvalue weighted by molar-refractivity contribution is 5.94. The minimum Gasteiger partial charge on any atom is -0.469 e. The predicted molar refractivity (Wildman–Crippen MR) is 107 cm³/mol. The van der Waals surface area contributed by atoms with Crippen LogP contribution in [-0.4, -0.2) is 30.2 Å². The zero-order valence-corrected chi connectivity index (χ0v) is 15.8. The summed E-state index contributed by atoms with van der Waals surface area (Å²) in [4.78, 5) is 24.4. The van der Waals surface area contributed by atoms with E-state index in [1.807, 2.05) is 6.07 Å². The third-order valence-electron chi connectivity index (χ3n) is 4.99. The van der Waals surface area contributed by atoms with E-state index >= 15 is 0 Å². The molecule has 4 N–H and O–H groups in total. The van der Waals surface area contributed by atoms with Gasteiger partial charge in [0.25, 0.3) is 0 Å². The number of benzene rings is 1. The summed E-state index contributed by atoms with van der Waals surface area (Å²) < 4.78 is 5.28. The van der Waals surface area contributed by atoms with E-state index < -0.39 is 0 Å². The van der Waals surface area contributed by atoms with Gasteiger partial charge in [-0.3, -0.25) is 4.79 Å². The zero-order valence-electron chi connectivity index (χ0n) is 15.8. The number of rotatable bonds is 8. The van der Waals surface area contributed by atoms with E-state index in [1.165, 1.54) is 0 Å². The van der Waals surface area contributed by atoms with Gasteiger partial charge in [-0.15, -0.1) is 0 Å². The molecule has 0 saturated heterocycles. The van der Waals surface area contributed by atoms with Crippen LogP contribution >= 0.6 is 0 Å². The molecule has 150 valence electrons. The molecule has 1 aromatic carbocycles. The molecule has 2 aromatic rings. The van der Waals surface area contributed by atoms with E-state index in [2.05, 4.69) is 16.0 Å². The maximum atomic E-state index is 12.2. The van der Waals surface area contributed by atoms with E-state index in [9.17, 15) is 14.7 Å². The number of amides is 3. The van der Waals surface area contributed by atoms with Crippen molar-refractivity contribution in [2.75, 3.05) is 23.8 Å². The van der Waals surface area contributed by atoms with Gasteiger partial charge in [0, 0.05) is 42.8 Å². The molecule has 1 atom stereocenters. The lowest BCUT2D eigenvalue weighted by molar-refractivity contribution is -0.119. The van der Waals surface area contributed by atoms with Crippen molar-refractivity contribution < 1.29 is 19.1 Å². The minimum absolute atomic E-state index is 0.0443. The van der Waals surface area contributed by atoms with Crippen LogP contribution in [0.4, 0.5) is 16.2 Å². The summed E-state index contributed by atoms with van der Waals surface area (Å²) in [5, 5.41) is 17.9. The van der Waals surface area contributed by atoms with Crippen LogP contribution in [0.25, 0.3) is 0 Å². The molecule has 3 amide bonds. The fraction of sp³-hybridized carbons (Fsp3) is 0.429. The first kappa shape index (κ1) is 19.9. The lowest BCUT2D eigenvalue weighted by atomic mass is 10.1. The van der Waals surface area contributed by atoms with Crippen LogP contribution < -0.4 is 16.0 Å². The smallest absolute Gasteiger partial charge is 0.319 e. The lowest BCUT2D eigenvalue weighted by Gasteiger charge is -2.15. The molecule has 28 heavy (non-hydrogen) atoms. The lowest BCUT2D eigenvalue weighted by Crippen LogP contribution is -2.35. The fourth-order valence-corrected chi connectivity index (χ4v) is 3.43. The normalized spacial score (nSPS) is 15.2. The zero-order chi connectivity index (χ0) is 19.8. The van der Waals surface area contributed by atoms with Crippen LogP contribution in [0.3, 0.4) is 0 Å². The van der Waals surface area contributed by atoms with Gasteiger partial charge in [-0.1, -0.05) is 18.9 Å². The van der Waals surface area contributed by atoms with Crippen molar-refractivity contribution in [2.45, 2.75) is 32.1 Å². The molecule has 0 spiro atoms. The van der Waals surface area contributed by atoms with Gasteiger partial charge in [-0.25, -0.2) is 4.79 Å². The van der Waals surface area contributed by atoms with Crippen LogP contribution in [0.5, 0.6) is 0 Å². The second-order valence-corrected chi connectivity index (χ2v) is 7.22. The van der Waals surface area contributed by atoms with Crippen LogP contribution in [0, 0.1) is 11.8 Å². The Kier molecular flexibility index (Phi) is 7.08. The highest BCUT2D eigenvalue weighted by Crippen LogP contribution is 2.26. The van der Waals surface area contributed by atoms with Gasteiger partial charge in [0.1, 0.15) is 5.76 Å². The van der Waals surface area contributed by atoms with Crippen LogP contribution in [-0.2, 0) is 11.2 Å². The van der Waals surface area contributed by atoms with Crippen molar-refractivity contribution in [1.82, 2.24) is 5.32 Å². The molecule has 7 nitrogen and oxygen atoms in total. The predicted octanol–water partition coefficient (Wildman–Crippen LogP) is 3.38. The first-order valence-electron chi connectivity index (χ1n) is 9.73. The summed E-state index contributed by atoms with van der Waals surface area (Å²) in [5.74, 6) is 0.771. The van der Waals surface area contributed by atoms with Crippen molar-refractivity contribution in [3.63, 3.8) is 0 Å². The van der Waals surface area contributed by atoms with E-state index in [4.69, 9.17) is 4.42 Å². The summed E-state index contributed by atoms with van der Waals surface area (Å²) in [6, 6.07) is 10.4. The molecule has 1 fully saturated rings. The molecular weight excluding hydrogens is 358 g/mol. The molecule has 1 heterocycles. The van der Waals surface area contributed by atoms with Crippen LogP contribution in [0.15, 0.2) is 47.1 Å². The first-order chi connectivity index (χ1) is 13.6. The SMILES string of the molecule is O=C(NC[C@@H](CO)Cc1ccco1)Nc1cccc(NC(=O)C2CCCC2)c1. The summed E-state index contributed by atoms with van der Waals surface area (Å²) in [7, 11) is 0. The standard InChI is InChI=1S/C21H27N3O4/c25-14-15(11-19-9-4-10-28-19)13-22-21(27)24-18-8-3-7-17(12-18)23-20(26)16-5-1-2-6-16/h3-4,7-10,12,15-16,25H,1-2,5-6,11,13-14H2,(H,23,26)(H2,22,24,27)/t15-/m0/s1. The summed E-state index contributed by atoms with van der Waals surface area (Å²) in [6.07, 6.45) is 6.23. The Morgan fingerprint density at radius 2 is 1.86 bits per heavy atom. The molecule has 7 heteroatoms. The molecule has 3 rings (SSSR count). The maximum absolute atomic E-state index is 12.2. The highest BCUT2D eigenvalue weighted by Gasteiger charge is 2.22. The maximum Gasteiger partial charge on any atom is 0.319 e. The molecule has 0 unspecified atom stereocenters. The van der Waals surface area contributed by atoms with Gasteiger partial charge in [-0.05, 0) is 43.2 Å². The van der Waals surface area contributed by atoms with Crippen molar-refractivity contribution in [3.8, 4) is 0 Å². The van der Waals surface area contributed by atoms with Crippen molar-refractivity contribution in [1.29, 1.82) is 0 Å². The van der Waals surface area contributed by atoms with E-state index in [0.29, 0.717) is 24.3 Å². The Morgan fingerprint density at radius 1 is 1.11 bits per heavy atom. The van der Waals surface area contributed by atoms with E-state index in [-0.39, 0.29) is 30.4 Å². The van der Waals surface area contributed by atoms with Gasteiger partial charge in [0.2, 0.25) is 5.91 Å². The molecule has 0 radical (unpaired) electrons. The number of anilines is 2. The Balaban J connectivity index is 1.47. The largest absolute Gasteiger partial charge is 0.469 e. The minimum atomic E-state index is -0.364. The van der Waals surface area contributed by atoms with Gasteiger partial charge < -0.3 is 25.5 Å². The molecule has 1 aromatic heterocycles. The Hall–Kier alpha value is -2.80. The average Bonchev–Trinajstić information content (AvgIpc) is 3.39. The Labute approximate surface area is 164 Å². The van der Waals surface area contributed by atoms with Crippen LogP contribution in [0.1, 0.15) is 31.4 Å². The molecule has 0 aliphatic heterocycles. The van der Waals surface area contributed by atoms with E-state index in [0.717, 1.165) is 31.4 Å². The van der Waals surface area contributed by atoms with Gasteiger partial charge in [-0.2, -0.15) is 0 Å². The van der Waals surface area contributed by atoms with Gasteiger partial charge in [0.15, 0.2) is 0 Å². The third-order valence-corrected chi connectivity index (χ3v) is 4.99. The number of hydrogen-bond donors (Lipinski definition) is 4. The highest BCUT2D eigenvalue weighted by atomic mass is 16.3. The second kappa shape index (κ2) is 9.94. The number of aliphatic hydroxyl groups is 1. The summed E-state index contributed by atoms with van der Waals surface area (Å²) >= 11 is 0. The number of urea groups is 1. The molecule has 1 saturated carbocycles. The van der Waals surface area contributed by atoms with E-state index in [1.54, 1.807) is 36.6 Å². The fourth-order valence-electron chi connectivity index (χ4n) is 3.43. The number of hydrogen-bond acceptors (Lipinski definition) is 4. The quantitative estimate of drug-likeness (QED) is 0.559. The molecule has 1 aliphatic carbocycles. The molecular formula is C21H27N3O4. The second-order valence-electron chi connectivity index (χ2n) is 7.22. The van der Waals surface area contributed by atoms with Crippen LogP contribution in [0.2, 0.25) is 0 Å². The Bertz CT molecular complexity index is 770. The number of carbonyl (C=O) groups excluding carboxylic acids is 2. The monoisotopic (exact) mass is 385 g/mol. The average molecular weight is 385 g/mol. The van der Waals surface area contributed by atoms with Gasteiger partial charge >= 0.3 is 6.03 Å².